The molecule has 1 unspecified atom stereocenters. The summed E-state index contributed by atoms with van der Waals surface area (Å²) in [6, 6.07) is 17.6. The van der Waals surface area contributed by atoms with Gasteiger partial charge >= 0.3 is 0 Å². The molecule has 0 bridgehead atoms. The molecule has 26 heavy (non-hydrogen) atoms. The maximum absolute atomic E-state index is 12.4. The molecule has 1 aliphatic heterocycles. The Morgan fingerprint density at radius 3 is 2.31 bits per heavy atom. The highest BCUT2D eigenvalue weighted by molar-refractivity contribution is 5.85. The van der Waals surface area contributed by atoms with E-state index >= 15 is 0 Å². The second-order valence-corrected chi connectivity index (χ2v) is 6.99. The van der Waals surface area contributed by atoms with Gasteiger partial charge in [-0.05, 0) is 41.6 Å². The number of piperidine rings is 1. The lowest BCUT2D eigenvalue weighted by atomic mass is 9.93. The summed E-state index contributed by atoms with van der Waals surface area (Å²) in [5.74, 6) is 0.204. The molecule has 4 nitrogen and oxygen atoms in total. The van der Waals surface area contributed by atoms with E-state index in [2.05, 4.69) is 58.7 Å². The van der Waals surface area contributed by atoms with Crippen molar-refractivity contribution in [3.05, 3.63) is 59.7 Å². The predicted molar refractivity (Wildman–Crippen MR) is 107 cm³/mol. The summed E-state index contributed by atoms with van der Waals surface area (Å²) in [6.07, 6.45) is 2.02. The smallest absolute Gasteiger partial charge is 0.224 e. The van der Waals surface area contributed by atoms with Crippen LogP contribution in [-0.4, -0.2) is 37.0 Å². The van der Waals surface area contributed by atoms with Gasteiger partial charge in [-0.15, -0.1) is 12.4 Å². The van der Waals surface area contributed by atoms with E-state index in [1.807, 2.05) is 0 Å². The highest BCUT2D eigenvalue weighted by Crippen LogP contribution is 2.47. The minimum absolute atomic E-state index is 0. The largest absolute Gasteiger partial charge is 0.355 e. The Morgan fingerprint density at radius 2 is 1.69 bits per heavy atom. The number of nitrogens with one attached hydrogen (secondary N) is 1. The van der Waals surface area contributed by atoms with Crippen molar-refractivity contribution >= 4 is 18.3 Å². The highest BCUT2D eigenvalue weighted by atomic mass is 35.5. The Bertz CT molecular complexity index is 734. The zero-order valence-corrected chi connectivity index (χ0v) is 15.7. The van der Waals surface area contributed by atoms with Crippen molar-refractivity contribution in [1.82, 2.24) is 10.2 Å². The van der Waals surface area contributed by atoms with Crippen LogP contribution in [0, 0.1) is 5.92 Å². The van der Waals surface area contributed by atoms with Crippen molar-refractivity contribution in [3.8, 4) is 11.1 Å². The molecule has 2 aromatic rings. The summed E-state index contributed by atoms with van der Waals surface area (Å²) in [5.41, 5.74) is 10.9. The van der Waals surface area contributed by atoms with Crippen molar-refractivity contribution in [2.45, 2.75) is 18.9 Å². The molecule has 1 atom stereocenters. The number of halogens is 1. The maximum atomic E-state index is 12.4. The van der Waals surface area contributed by atoms with Gasteiger partial charge in [0.15, 0.2) is 0 Å². The van der Waals surface area contributed by atoms with E-state index in [1.54, 1.807) is 0 Å². The van der Waals surface area contributed by atoms with Crippen molar-refractivity contribution in [1.29, 1.82) is 0 Å². The Morgan fingerprint density at radius 1 is 1.08 bits per heavy atom. The van der Waals surface area contributed by atoms with Crippen molar-refractivity contribution in [3.63, 3.8) is 0 Å². The monoisotopic (exact) mass is 371 g/mol. The highest BCUT2D eigenvalue weighted by Gasteiger charge is 2.36. The van der Waals surface area contributed by atoms with Crippen LogP contribution < -0.4 is 11.1 Å². The third-order valence-electron chi connectivity index (χ3n) is 5.43. The second-order valence-electron chi connectivity index (χ2n) is 6.99. The van der Waals surface area contributed by atoms with Crippen LogP contribution in [0.15, 0.2) is 48.5 Å². The zero-order chi connectivity index (χ0) is 17.2. The minimum atomic E-state index is 0. The van der Waals surface area contributed by atoms with E-state index in [0.29, 0.717) is 13.1 Å². The molecule has 2 aliphatic rings. The van der Waals surface area contributed by atoms with Gasteiger partial charge in [0.2, 0.25) is 5.91 Å². The Labute approximate surface area is 161 Å². The lowest BCUT2D eigenvalue weighted by molar-refractivity contribution is -0.126. The molecule has 1 aliphatic carbocycles. The topological polar surface area (TPSA) is 58.4 Å². The average molecular weight is 372 g/mol. The van der Waals surface area contributed by atoms with Gasteiger partial charge in [0.1, 0.15) is 0 Å². The first-order valence-electron chi connectivity index (χ1n) is 9.19. The number of carbonyl (C=O) groups excluding carboxylic acids is 1. The summed E-state index contributed by atoms with van der Waals surface area (Å²) in [6.45, 7) is 2.90. The summed E-state index contributed by atoms with van der Waals surface area (Å²) >= 11 is 0. The number of fused-ring (bicyclic) bond motifs is 3. The molecule has 138 valence electrons. The second kappa shape index (κ2) is 8.21. The molecule has 0 spiro atoms. The van der Waals surface area contributed by atoms with Gasteiger partial charge in [0.05, 0.1) is 12.0 Å². The molecule has 1 heterocycles. The standard InChI is InChI=1S/C21H25N3O.ClH/c22-11-12-23-21(25)15-6-5-13-24(14-15)20-18-9-3-1-7-16(18)17-8-2-4-10-19(17)20;/h1-4,7-10,15,20H,5-6,11-14,22H2,(H,23,25);1H. The average Bonchev–Trinajstić information content (AvgIpc) is 3.01. The van der Waals surface area contributed by atoms with Crippen LogP contribution in [0.3, 0.4) is 0 Å². The fourth-order valence-electron chi connectivity index (χ4n) is 4.32. The number of nitrogens with two attached hydrogens (primary N) is 1. The number of hydrogen-bond acceptors (Lipinski definition) is 3. The van der Waals surface area contributed by atoms with Crippen molar-refractivity contribution in [2.24, 2.45) is 11.7 Å². The third kappa shape index (κ3) is 3.37. The quantitative estimate of drug-likeness (QED) is 0.868. The van der Waals surface area contributed by atoms with Crippen molar-refractivity contribution < 1.29 is 4.79 Å². The van der Waals surface area contributed by atoms with Gasteiger partial charge in [-0.1, -0.05) is 48.5 Å². The molecule has 1 saturated heterocycles. The molecule has 4 rings (SSSR count). The van der Waals surface area contributed by atoms with Gasteiger partial charge in [0.25, 0.3) is 0 Å². The summed E-state index contributed by atoms with van der Waals surface area (Å²) in [7, 11) is 0. The Balaban J connectivity index is 0.00000196. The molecule has 1 amide bonds. The normalized spacial score (nSPS) is 19.3. The van der Waals surface area contributed by atoms with Crippen LogP contribution in [-0.2, 0) is 4.79 Å². The first kappa shape index (κ1) is 18.9. The number of likely N-dealkylation sites (tertiary alicyclic amines) is 1. The van der Waals surface area contributed by atoms with Gasteiger partial charge in [-0.3, -0.25) is 9.69 Å². The maximum Gasteiger partial charge on any atom is 0.224 e. The lowest BCUT2D eigenvalue weighted by Crippen LogP contribution is -2.45. The van der Waals surface area contributed by atoms with E-state index in [4.69, 9.17) is 5.73 Å². The van der Waals surface area contributed by atoms with Crippen LogP contribution in [0.5, 0.6) is 0 Å². The number of amides is 1. The van der Waals surface area contributed by atoms with Crippen LogP contribution in [0.25, 0.3) is 11.1 Å². The predicted octanol–water partition coefficient (Wildman–Crippen LogP) is 2.97. The van der Waals surface area contributed by atoms with Gasteiger partial charge in [0, 0.05) is 19.6 Å². The van der Waals surface area contributed by atoms with E-state index < -0.39 is 0 Å². The van der Waals surface area contributed by atoms with Crippen LogP contribution in [0.1, 0.15) is 30.0 Å². The Hall–Kier alpha value is -1.88. The van der Waals surface area contributed by atoms with Crippen LogP contribution >= 0.6 is 12.4 Å². The number of rotatable bonds is 4. The summed E-state index contributed by atoms with van der Waals surface area (Å²) in [5, 5.41) is 2.96. The molecular weight excluding hydrogens is 346 g/mol. The number of benzene rings is 2. The molecule has 5 heteroatoms. The van der Waals surface area contributed by atoms with Crippen LogP contribution in [0.4, 0.5) is 0 Å². The molecule has 1 fully saturated rings. The van der Waals surface area contributed by atoms with E-state index in [9.17, 15) is 4.79 Å². The summed E-state index contributed by atoms with van der Waals surface area (Å²) in [4.78, 5) is 14.9. The number of hydrogen-bond donors (Lipinski definition) is 2. The third-order valence-corrected chi connectivity index (χ3v) is 5.43. The van der Waals surface area contributed by atoms with Crippen molar-refractivity contribution in [2.75, 3.05) is 26.2 Å². The molecule has 0 radical (unpaired) electrons. The summed E-state index contributed by atoms with van der Waals surface area (Å²) < 4.78 is 0. The van der Waals surface area contributed by atoms with E-state index in [0.717, 1.165) is 25.9 Å². The first-order chi connectivity index (χ1) is 12.3. The zero-order valence-electron chi connectivity index (χ0n) is 14.9. The SMILES string of the molecule is Cl.NCCNC(=O)C1CCCN(C2c3ccccc3-c3ccccc32)C1. The number of nitrogens with zero attached hydrogens (tertiary/aromatic N) is 1. The number of carbonyl (C=O) groups is 1. The minimum Gasteiger partial charge on any atom is -0.355 e. The van der Waals surface area contributed by atoms with E-state index in [1.165, 1.54) is 22.3 Å². The molecule has 3 N–H and O–H groups in total. The first-order valence-corrected chi connectivity index (χ1v) is 9.19. The fourth-order valence-corrected chi connectivity index (χ4v) is 4.32. The fraction of sp³-hybridized carbons (Fsp3) is 0.381. The molecule has 2 aromatic carbocycles. The molecular formula is C21H26ClN3O. The van der Waals surface area contributed by atoms with E-state index in [-0.39, 0.29) is 30.3 Å². The van der Waals surface area contributed by atoms with Gasteiger partial charge < -0.3 is 11.1 Å². The van der Waals surface area contributed by atoms with Gasteiger partial charge in [-0.25, -0.2) is 0 Å². The Kier molecular flexibility index (Phi) is 5.97. The molecule has 0 saturated carbocycles. The van der Waals surface area contributed by atoms with Gasteiger partial charge in [-0.2, -0.15) is 0 Å². The lowest BCUT2D eigenvalue weighted by Gasteiger charge is -2.37. The molecule has 0 aromatic heterocycles. The van der Waals surface area contributed by atoms with Crippen LogP contribution in [0.2, 0.25) is 0 Å².